The number of alkyl halides is 1. The van der Waals surface area contributed by atoms with Gasteiger partial charge in [-0.1, -0.05) is 42.5 Å². The highest BCUT2D eigenvalue weighted by atomic mass is 35.5. The number of aliphatic hydroxyl groups is 2. The van der Waals surface area contributed by atoms with Gasteiger partial charge in [-0.2, -0.15) is 0 Å². The molecule has 5 N–H and O–H groups in total. The molecule has 0 aromatic rings. The molecule has 1 amide bonds. The Morgan fingerprint density at radius 2 is 2.09 bits per heavy atom. The van der Waals surface area contributed by atoms with Crippen LogP contribution in [0.15, 0.2) is 58.8 Å². The van der Waals surface area contributed by atoms with E-state index in [-0.39, 0.29) is 11.5 Å². The second-order valence-corrected chi connectivity index (χ2v) is 9.64. The number of carbonyl (C=O) groups excluding carboxylic acids is 1. The Kier molecular flexibility index (Phi) is 8.11. The fraction of sp³-hybridized carbons (Fsp3) is 0.500. The number of allylic oxidation sites excluding steroid dienone is 3. The van der Waals surface area contributed by atoms with Gasteiger partial charge in [0.2, 0.25) is 5.91 Å². The predicted molar refractivity (Wildman–Crippen MR) is 128 cm³/mol. The summed E-state index contributed by atoms with van der Waals surface area (Å²) in [6.07, 6.45) is 8.92. The van der Waals surface area contributed by atoms with Gasteiger partial charge in [-0.25, -0.2) is 4.79 Å². The lowest BCUT2D eigenvalue weighted by molar-refractivity contribution is -0.144. The number of carboxylic acids is 1. The van der Waals surface area contributed by atoms with Gasteiger partial charge in [-0.3, -0.25) is 4.79 Å². The van der Waals surface area contributed by atoms with Gasteiger partial charge in [0.1, 0.15) is 5.54 Å². The van der Waals surface area contributed by atoms with E-state index >= 15 is 0 Å². The quantitative estimate of drug-likeness (QED) is 0.296. The number of hydrogen-bond donors (Lipinski definition) is 5. The van der Waals surface area contributed by atoms with Crippen LogP contribution < -0.4 is 10.6 Å². The van der Waals surface area contributed by atoms with Crippen LogP contribution in [-0.2, 0) is 9.59 Å². The maximum atomic E-state index is 13.0. The Labute approximate surface area is 203 Å². The minimum absolute atomic E-state index is 0.218. The summed E-state index contributed by atoms with van der Waals surface area (Å²) in [6, 6.07) is 0. The van der Waals surface area contributed by atoms with E-state index in [1.165, 1.54) is 0 Å². The largest absolute Gasteiger partial charge is 0.479 e. The van der Waals surface area contributed by atoms with Crippen LogP contribution in [0.2, 0.25) is 0 Å². The third-order valence-corrected chi connectivity index (χ3v) is 6.99. The Bertz CT molecular complexity index is 941. The molecule has 1 saturated carbocycles. The van der Waals surface area contributed by atoms with E-state index < -0.39 is 46.8 Å². The summed E-state index contributed by atoms with van der Waals surface area (Å²) in [5.41, 5.74) is 0.604. The smallest absolute Gasteiger partial charge is 0.330 e. The average molecular weight is 497 g/mol. The standard InChI is InChI=1S/C24H30Cl2N2O5/c1-3-27-13(2)17-12-24(17,23(32)33)28-22(31)21-18(25)9-14(10-19(21)26)7-8-20(30)15-5-4-6-16(29)11-15/h4-5,9-11,16-18,20-21,27,29-30H,2-3,6-8,12H2,1H3,(H,28,31)(H,32,33)/t16?,17-,18?,20?,21?,24?/m0/s1. The zero-order chi connectivity index (χ0) is 24.3. The van der Waals surface area contributed by atoms with Gasteiger partial charge in [-0.15, -0.1) is 11.6 Å². The van der Waals surface area contributed by atoms with E-state index in [1.807, 2.05) is 13.0 Å². The lowest BCUT2D eigenvalue weighted by Gasteiger charge is -2.26. The highest BCUT2D eigenvalue weighted by Crippen LogP contribution is 2.48. The number of carbonyl (C=O) groups is 2. The van der Waals surface area contributed by atoms with Crippen LogP contribution in [0.25, 0.3) is 0 Å². The van der Waals surface area contributed by atoms with Crippen LogP contribution in [0.3, 0.4) is 0 Å². The number of aliphatic carboxylic acids is 1. The SMILES string of the molecule is C=C(NCC)[C@@H]1CC1(NC(=O)C1C(Cl)=CC(CCC(O)C2=CC(O)CC=C2)=CC1Cl)C(=O)O. The third kappa shape index (κ3) is 5.72. The Balaban J connectivity index is 1.62. The van der Waals surface area contributed by atoms with Crippen LogP contribution in [0, 0.1) is 11.8 Å². The molecule has 0 aromatic heterocycles. The molecule has 180 valence electrons. The number of aliphatic hydroxyl groups excluding tert-OH is 2. The summed E-state index contributed by atoms with van der Waals surface area (Å²) in [6.45, 7) is 6.37. The van der Waals surface area contributed by atoms with Crippen molar-refractivity contribution >= 4 is 35.1 Å². The Hall–Kier alpha value is -2.06. The van der Waals surface area contributed by atoms with Crippen molar-refractivity contribution in [1.29, 1.82) is 0 Å². The van der Waals surface area contributed by atoms with E-state index in [9.17, 15) is 24.9 Å². The number of carboxylic acid groups (broad SMARTS) is 1. The van der Waals surface area contributed by atoms with Gasteiger partial charge in [0.05, 0.1) is 23.5 Å². The maximum absolute atomic E-state index is 13.0. The highest BCUT2D eigenvalue weighted by Gasteiger charge is 2.63. The summed E-state index contributed by atoms with van der Waals surface area (Å²) in [5.74, 6) is -2.99. The van der Waals surface area contributed by atoms with Gasteiger partial charge >= 0.3 is 5.97 Å². The van der Waals surface area contributed by atoms with E-state index in [4.69, 9.17) is 23.2 Å². The van der Waals surface area contributed by atoms with Crippen molar-refractivity contribution in [2.45, 2.75) is 55.7 Å². The molecule has 7 nitrogen and oxygen atoms in total. The molecule has 9 heteroatoms. The van der Waals surface area contributed by atoms with Crippen LogP contribution in [0.4, 0.5) is 0 Å². The van der Waals surface area contributed by atoms with Gasteiger partial charge in [0.25, 0.3) is 0 Å². The molecule has 0 radical (unpaired) electrons. The molecule has 1 fully saturated rings. The van der Waals surface area contributed by atoms with Crippen LogP contribution in [0.5, 0.6) is 0 Å². The number of halogens is 2. The lowest BCUT2D eigenvalue weighted by Crippen LogP contribution is -2.49. The minimum Gasteiger partial charge on any atom is -0.479 e. The Morgan fingerprint density at radius 3 is 2.70 bits per heavy atom. The minimum atomic E-state index is -1.41. The molecule has 0 saturated heterocycles. The van der Waals surface area contributed by atoms with E-state index in [1.54, 1.807) is 24.3 Å². The number of rotatable bonds is 10. The molecule has 5 unspecified atom stereocenters. The number of hydrogen-bond acceptors (Lipinski definition) is 5. The van der Waals surface area contributed by atoms with Gasteiger partial charge in [0, 0.05) is 23.2 Å². The van der Waals surface area contributed by atoms with Crippen LogP contribution >= 0.6 is 23.2 Å². The average Bonchev–Trinajstić information content (AvgIpc) is 3.47. The predicted octanol–water partition coefficient (Wildman–Crippen LogP) is 2.74. The van der Waals surface area contributed by atoms with Gasteiger partial charge in [0.15, 0.2) is 0 Å². The highest BCUT2D eigenvalue weighted by molar-refractivity contribution is 6.34. The van der Waals surface area contributed by atoms with Crippen molar-refractivity contribution < 1.29 is 24.9 Å². The summed E-state index contributed by atoms with van der Waals surface area (Å²) < 4.78 is 0. The van der Waals surface area contributed by atoms with Gasteiger partial charge in [-0.05, 0) is 49.8 Å². The van der Waals surface area contributed by atoms with Gasteiger partial charge < -0.3 is 26.0 Å². The van der Waals surface area contributed by atoms with Crippen molar-refractivity contribution in [3.63, 3.8) is 0 Å². The first-order valence-corrected chi connectivity index (χ1v) is 11.8. The van der Waals surface area contributed by atoms with E-state index in [0.717, 1.165) is 5.57 Å². The van der Waals surface area contributed by atoms with Crippen LogP contribution in [-0.4, -0.2) is 56.9 Å². The molecule has 0 aliphatic heterocycles. The van der Waals surface area contributed by atoms with Crippen molar-refractivity contribution in [1.82, 2.24) is 10.6 Å². The summed E-state index contributed by atoms with van der Waals surface area (Å²) in [4.78, 5) is 24.9. The second-order valence-electron chi connectivity index (χ2n) is 8.70. The lowest BCUT2D eigenvalue weighted by atomic mass is 9.90. The van der Waals surface area contributed by atoms with Crippen molar-refractivity contribution in [2.75, 3.05) is 6.54 Å². The first-order chi connectivity index (χ1) is 15.6. The summed E-state index contributed by atoms with van der Waals surface area (Å²) in [5, 5.41) is 35.0. The molecular weight excluding hydrogens is 467 g/mol. The fourth-order valence-electron chi connectivity index (χ4n) is 4.33. The number of amides is 1. The van der Waals surface area contributed by atoms with Crippen molar-refractivity contribution in [3.8, 4) is 0 Å². The summed E-state index contributed by atoms with van der Waals surface area (Å²) in [7, 11) is 0. The zero-order valence-corrected chi connectivity index (χ0v) is 19.9. The Morgan fingerprint density at radius 1 is 1.36 bits per heavy atom. The summed E-state index contributed by atoms with van der Waals surface area (Å²) >= 11 is 12.9. The monoisotopic (exact) mass is 496 g/mol. The molecule has 0 spiro atoms. The van der Waals surface area contributed by atoms with Crippen molar-refractivity contribution in [2.24, 2.45) is 11.8 Å². The molecule has 3 aliphatic carbocycles. The molecule has 6 atom stereocenters. The van der Waals surface area contributed by atoms with Crippen LogP contribution in [0.1, 0.15) is 32.6 Å². The molecular formula is C24H30Cl2N2O5. The zero-order valence-electron chi connectivity index (χ0n) is 18.4. The first kappa shape index (κ1) is 25.6. The number of nitrogens with one attached hydrogen (secondary N) is 2. The van der Waals surface area contributed by atoms with Crippen molar-refractivity contribution in [3.05, 3.63) is 58.8 Å². The molecule has 0 heterocycles. The molecule has 3 aliphatic rings. The molecule has 0 bridgehead atoms. The van der Waals surface area contributed by atoms with E-state index in [2.05, 4.69) is 17.2 Å². The van der Waals surface area contributed by atoms with E-state index in [0.29, 0.717) is 37.1 Å². The molecule has 3 rings (SSSR count). The maximum Gasteiger partial charge on any atom is 0.330 e. The molecule has 33 heavy (non-hydrogen) atoms. The fourth-order valence-corrected chi connectivity index (χ4v) is 5.19. The third-order valence-electron chi connectivity index (χ3n) is 6.27. The first-order valence-electron chi connectivity index (χ1n) is 11.0. The normalized spacial score (nSPS) is 31.6. The molecule has 0 aromatic carbocycles. The second kappa shape index (κ2) is 10.5. The topological polar surface area (TPSA) is 119 Å².